The highest BCUT2D eigenvalue weighted by molar-refractivity contribution is 7.98. The number of rotatable bonds is 14. The van der Waals surface area contributed by atoms with Crippen molar-refractivity contribution in [3.8, 4) is 28.4 Å². The van der Waals surface area contributed by atoms with Crippen LogP contribution in [0, 0.1) is 0 Å². The molecule has 0 aliphatic heterocycles. The van der Waals surface area contributed by atoms with Gasteiger partial charge in [-0.3, -0.25) is 14.4 Å². The number of carboxylic acids is 1. The van der Waals surface area contributed by atoms with E-state index in [-0.39, 0.29) is 23.7 Å². The van der Waals surface area contributed by atoms with Gasteiger partial charge in [0.15, 0.2) is 11.5 Å². The number of carbonyl (C=O) groups excluding carboxylic acids is 2. The zero-order chi connectivity index (χ0) is 30.8. The molecule has 4 N–H and O–H groups in total. The maximum absolute atomic E-state index is 13.4. The summed E-state index contributed by atoms with van der Waals surface area (Å²) in [5.41, 5.74) is 3.10. The predicted molar refractivity (Wildman–Crippen MR) is 163 cm³/mol. The van der Waals surface area contributed by atoms with Crippen LogP contribution in [-0.4, -0.2) is 68.8 Å². The van der Waals surface area contributed by atoms with Crippen molar-refractivity contribution in [1.29, 1.82) is 0 Å². The van der Waals surface area contributed by atoms with Gasteiger partial charge in [0.25, 0.3) is 0 Å². The van der Waals surface area contributed by atoms with E-state index in [1.165, 1.54) is 31.9 Å². The van der Waals surface area contributed by atoms with Crippen LogP contribution in [-0.2, 0) is 20.8 Å². The van der Waals surface area contributed by atoms with Crippen LogP contribution < -0.4 is 35.6 Å². The third kappa shape index (κ3) is 7.87. The number of nitrogens with one attached hydrogen (secondary N) is 3. The summed E-state index contributed by atoms with van der Waals surface area (Å²) >= 11 is 1.52. The van der Waals surface area contributed by atoms with Crippen molar-refractivity contribution in [2.75, 3.05) is 45.2 Å². The third-order valence-corrected chi connectivity index (χ3v) is 7.70. The fraction of sp³-hybridized carbons (Fsp3) is 0.467. The molecule has 0 heterocycles. The lowest BCUT2D eigenvalue weighted by molar-refractivity contribution is -0.141. The van der Waals surface area contributed by atoms with E-state index in [1.807, 2.05) is 18.4 Å². The van der Waals surface area contributed by atoms with Crippen LogP contribution in [0.2, 0.25) is 0 Å². The first-order chi connectivity index (χ1) is 20.1. The molecule has 0 aromatic heterocycles. The second kappa shape index (κ2) is 15.3. The summed E-state index contributed by atoms with van der Waals surface area (Å²) in [5, 5.41) is 18.0. The second-order valence-corrected chi connectivity index (χ2v) is 10.9. The molecule has 2 amide bonds. The van der Waals surface area contributed by atoms with Gasteiger partial charge in [0.1, 0.15) is 6.04 Å². The van der Waals surface area contributed by atoms with Gasteiger partial charge in [-0.05, 0) is 72.6 Å². The van der Waals surface area contributed by atoms with Crippen molar-refractivity contribution in [2.45, 2.75) is 51.1 Å². The molecule has 0 saturated heterocycles. The summed E-state index contributed by atoms with van der Waals surface area (Å²) in [5.74, 6) is 0.397. The number of aliphatic carboxylic acids is 1. The summed E-state index contributed by atoms with van der Waals surface area (Å²) in [4.78, 5) is 49.2. The molecule has 0 spiro atoms. The first-order valence-electron chi connectivity index (χ1n) is 13.7. The summed E-state index contributed by atoms with van der Waals surface area (Å²) < 4.78 is 17.0. The van der Waals surface area contributed by atoms with Gasteiger partial charge in [-0.1, -0.05) is 6.07 Å². The Hall–Kier alpha value is -3.93. The highest BCUT2D eigenvalue weighted by Gasteiger charge is 2.29. The fourth-order valence-electron chi connectivity index (χ4n) is 5.09. The molecular weight excluding hydrogens is 562 g/mol. The molecule has 2 aromatic carbocycles. The summed E-state index contributed by atoms with van der Waals surface area (Å²) in [6.07, 6.45) is 3.86. The molecule has 2 atom stereocenters. The Morgan fingerprint density at radius 1 is 1.10 bits per heavy atom. The minimum atomic E-state index is -1.06. The number of ether oxygens (including phenoxy) is 3. The molecule has 0 bridgehead atoms. The van der Waals surface area contributed by atoms with E-state index in [1.54, 1.807) is 20.3 Å². The van der Waals surface area contributed by atoms with Gasteiger partial charge in [-0.25, -0.2) is 4.79 Å². The van der Waals surface area contributed by atoms with Gasteiger partial charge in [0.05, 0.1) is 33.1 Å². The Balaban J connectivity index is 1.91. The van der Waals surface area contributed by atoms with Gasteiger partial charge in [-0.2, -0.15) is 11.8 Å². The molecule has 0 fully saturated rings. The van der Waals surface area contributed by atoms with E-state index in [9.17, 15) is 24.3 Å². The first-order valence-corrected chi connectivity index (χ1v) is 15.1. The highest BCUT2D eigenvalue weighted by atomic mass is 32.2. The summed E-state index contributed by atoms with van der Waals surface area (Å²) in [6, 6.07) is 5.57. The average molecular weight is 602 g/mol. The quantitative estimate of drug-likeness (QED) is 0.237. The lowest BCUT2D eigenvalue weighted by Gasteiger charge is -2.19. The smallest absolute Gasteiger partial charge is 0.326 e. The molecule has 0 saturated carbocycles. The number of hydrogen-bond acceptors (Lipinski definition) is 9. The van der Waals surface area contributed by atoms with E-state index in [2.05, 4.69) is 16.0 Å². The maximum Gasteiger partial charge on any atom is 0.326 e. The Morgan fingerprint density at radius 3 is 2.45 bits per heavy atom. The summed E-state index contributed by atoms with van der Waals surface area (Å²) in [7, 11) is 4.62. The number of thioether (sulfide) groups is 1. The number of aryl methyl sites for hydroxylation is 1. The van der Waals surface area contributed by atoms with Crippen LogP contribution >= 0.6 is 11.8 Å². The molecule has 1 aliphatic carbocycles. The molecule has 12 heteroatoms. The van der Waals surface area contributed by atoms with Crippen LogP contribution in [0.15, 0.2) is 29.1 Å². The van der Waals surface area contributed by atoms with Gasteiger partial charge >= 0.3 is 5.97 Å². The van der Waals surface area contributed by atoms with E-state index in [0.29, 0.717) is 72.0 Å². The molecule has 0 radical (unpaired) electrons. The molecule has 228 valence electrons. The van der Waals surface area contributed by atoms with Crippen molar-refractivity contribution in [3.05, 3.63) is 45.6 Å². The number of amides is 2. The molecule has 3 rings (SSSR count). The van der Waals surface area contributed by atoms with Gasteiger partial charge < -0.3 is 35.3 Å². The lowest BCUT2D eigenvalue weighted by Crippen LogP contribution is -2.41. The molecule has 42 heavy (non-hydrogen) atoms. The first kappa shape index (κ1) is 32.6. The Labute approximate surface area is 249 Å². The highest BCUT2D eigenvalue weighted by Crippen LogP contribution is 2.50. The largest absolute Gasteiger partial charge is 0.493 e. The number of methoxy groups -OCH3 is 3. The Bertz CT molecular complexity index is 1370. The van der Waals surface area contributed by atoms with E-state index >= 15 is 0 Å². The van der Waals surface area contributed by atoms with Crippen LogP contribution in [0.25, 0.3) is 11.1 Å². The van der Waals surface area contributed by atoms with E-state index < -0.39 is 18.1 Å². The Kier molecular flexibility index (Phi) is 11.9. The number of carbonyl (C=O) groups is 3. The van der Waals surface area contributed by atoms with Crippen molar-refractivity contribution >= 4 is 35.2 Å². The minimum Gasteiger partial charge on any atom is -0.493 e. The molecular formula is C30H39N3O8S. The summed E-state index contributed by atoms with van der Waals surface area (Å²) in [6.45, 7) is 1.76. The number of carboxylic acid groups (broad SMARTS) is 1. The van der Waals surface area contributed by atoms with Crippen LogP contribution in [0.5, 0.6) is 17.2 Å². The zero-order valence-corrected chi connectivity index (χ0v) is 25.4. The number of benzene rings is 1. The molecule has 1 aliphatic rings. The molecule has 2 aromatic rings. The van der Waals surface area contributed by atoms with Gasteiger partial charge in [-0.15, -0.1) is 0 Å². The predicted octanol–water partition coefficient (Wildman–Crippen LogP) is 3.38. The van der Waals surface area contributed by atoms with E-state index in [4.69, 9.17) is 14.2 Å². The topological polar surface area (TPSA) is 152 Å². The molecule has 0 unspecified atom stereocenters. The second-order valence-electron chi connectivity index (χ2n) is 9.87. The normalized spacial score (nSPS) is 14.4. The van der Waals surface area contributed by atoms with Crippen molar-refractivity contribution in [2.24, 2.45) is 0 Å². The fourth-order valence-corrected chi connectivity index (χ4v) is 5.56. The van der Waals surface area contributed by atoms with Crippen LogP contribution in [0.1, 0.15) is 49.8 Å². The molecule has 11 nitrogen and oxygen atoms in total. The minimum absolute atomic E-state index is 0.108. The maximum atomic E-state index is 13.4. The number of anilines is 1. The monoisotopic (exact) mass is 601 g/mol. The van der Waals surface area contributed by atoms with Crippen LogP contribution in [0.4, 0.5) is 5.69 Å². The third-order valence-electron chi connectivity index (χ3n) is 7.06. The van der Waals surface area contributed by atoms with Crippen molar-refractivity contribution in [3.63, 3.8) is 0 Å². The number of fused-ring (bicyclic) bond motifs is 3. The van der Waals surface area contributed by atoms with E-state index in [0.717, 1.165) is 11.1 Å². The van der Waals surface area contributed by atoms with Crippen molar-refractivity contribution < 1.29 is 33.7 Å². The average Bonchev–Trinajstić information content (AvgIpc) is 3.20. The van der Waals surface area contributed by atoms with Gasteiger partial charge in [0.2, 0.25) is 23.0 Å². The number of hydrogen-bond donors (Lipinski definition) is 4. The zero-order valence-electron chi connectivity index (χ0n) is 24.6. The van der Waals surface area contributed by atoms with Gasteiger partial charge in [0, 0.05) is 25.5 Å². The van der Waals surface area contributed by atoms with Crippen molar-refractivity contribution in [1.82, 2.24) is 10.6 Å². The lowest BCUT2D eigenvalue weighted by atomic mass is 9.95. The Morgan fingerprint density at radius 2 is 1.83 bits per heavy atom. The van der Waals surface area contributed by atoms with Crippen LogP contribution in [0.3, 0.4) is 0 Å². The standard InChI is InChI=1S/C30H39N3O8S/c1-17(34)32-21-10-8-18-15-25(39-2)28(40-3)29(41-4)27(18)19-9-11-22(24(35)16-20(19)21)31-13-6-7-26(36)33-23(30(37)38)12-14-42-5/h9,11,15-16,21,23H,6-8,10,12-14H2,1-5H3,(H,31,35)(H,32,34)(H,33,36)(H,37,38)/t21-,23-/m0/s1. The SMILES string of the molecule is COc1cc2c(c(OC)c1OC)-c1ccc(NCCCC(=O)N[C@@H](CCSC)C(=O)O)c(=O)cc1[C@@H](NC(C)=O)CC2.